The third-order valence-corrected chi connectivity index (χ3v) is 4.33. The van der Waals surface area contributed by atoms with Gasteiger partial charge in [0.1, 0.15) is 0 Å². The van der Waals surface area contributed by atoms with Crippen molar-refractivity contribution in [2.24, 2.45) is 0 Å². The summed E-state index contributed by atoms with van der Waals surface area (Å²) in [4.78, 5) is 0. The monoisotopic (exact) mass is 293 g/mol. The standard InChI is InChI=1S/C12H14Cl3NO/c1-17-8-4-7(5-8)16-6-9-10(13)2-3-11(14)12(9)15/h2-3,7-8,16H,4-6H2,1H3. The maximum absolute atomic E-state index is 6.12. The topological polar surface area (TPSA) is 21.3 Å². The van der Waals surface area contributed by atoms with Crippen molar-refractivity contribution in [1.29, 1.82) is 0 Å². The van der Waals surface area contributed by atoms with Gasteiger partial charge < -0.3 is 10.1 Å². The van der Waals surface area contributed by atoms with Gasteiger partial charge in [0.25, 0.3) is 0 Å². The van der Waals surface area contributed by atoms with Gasteiger partial charge in [-0.3, -0.25) is 0 Å². The van der Waals surface area contributed by atoms with Crippen molar-refractivity contribution in [1.82, 2.24) is 5.32 Å². The molecule has 1 N–H and O–H groups in total. The van der Waals surface area contributed by atoms with E-state index in [2.05, 4.69) is 5.32 Å². The van der Waals surface area contributed by atoms with Crippen molar-refractivity contribution in [2.45, 2.75) is 31.5 Å². The molecule has 0 radical (unpaired) electrons. The number of hydrogen-bond acceptors (Lipinski definition) is 2. The minimum atomic E-state index is 0.387. The highest BCUT2D eigenvalue weighted by Crippen LogP contribution is 2.32. The highest BCUT2D eigenvalue weighted by atomic mass is 35.5. The first-order valence-electron chi connectivity index (χ1n) is 5.50. The molecule has 0 amide bonds. The second-order valence-electron chi connectivity index (χ2n) is 4.23. The van der Waals surface area contributed by atoms with Crippen LogP contribution in [0.3, 0.4) is 0 Å². The molecule has 5 heteroatoms. The van der Waals surface area contributed by atoms with E-state index in [0.717, 1.165) is 18.4 Å². The average Bonchev–Trinajstić information content (AvgIpc) is 2.26. The van der Waals surface area contributed by atoms with Gasteiger partial charge in [-0.05, 0) is 25.0 Å². The number of methoxy groups -OCH3 is 1. The number of rotatable bonds is 4. The molecule has 1 fully saturated rings. The number of halogens is 3. The molecule has 0 unspecified atom stereocenters. The molecule has 1 saturated carbocycles. The summed E-state index contributed by atoms with van der Waals surface area (Å²) >= 11 is 18.2. The highest BCUT2D eigenvalue weighted by Gasteiger charge is 2.28. The molecule has 1 aliphatic rings. The van der Waals surface area contributed by atoms with Crippen LogP contribution in [0.4, 0.5) is 0 Å². The van der Waals surface area contributed by atoms with E-state index >= 15 is 0 Å². The van der Waals surface area contributed by atoms with Gasteiger partial charge in [0, 0.05) is 30.3 Å². The lowest BCUT2D eigenvalue weighted by Gasteiger charge is -2.35. The van der Waals surface area contributed by atoms with Crippen LogP contribution in [0.5, 0.6) is 0 Å². The molecule has 2 rings (SSSR count). The Morgan fingerprint density at radius 3 is 2.53 bits per heavy atom. The van der Waals surface area contributed by atoms with Crippen LogP contribution in [0.15, 0.2) is 12.1 Å². The van der Waals surface area contributed by atoms with Gasteiger partial charge in [0.2, 0.25) is 0 Å². The van der Waals surface area contributed by atoms with Crippen LogP contribution < -0.4 is 5.32 Å². The summed E-state index contributed by atoms with van der Waals surface area (Å²) in [7, 11) is 1.74. The highest BCUT2D eigenvalue weighted by molar-refractivity contribution is 6.44. The van der Waals surface area contributed by atoms with E-state index in [1.54, 1.807) is 19.2 Å². The van der Waals surface area contributed by atoms with Crippen molar-refractivity contribution >= 4 is 34.8 Å². The Kier molecular flexibility index (Phi) is 4.56. The van der Waals surface area contributed by atoms with E-state index in [9.17, 15) is 0 Å². The molecule has 1 aliphatic carbocycles. The van der Waals surface area contributed by atoms with Gasteiger partial charge in [-0.2, -0.15) is 0 Å². The molecule has 0 atom stereocenters. The van der Waals surface area contributed by atoms with Gasteiger partial charge in [-0.15, -0.1) is 0 Å². The lowest BCUT2D eigenvalue weighted by molar-refractivity contribution is 0.0170. The Labute approximate surface area is 116 Å². The molecule has 17 heavy (non-hydrogen) atoms. The van der Waals surface area contributed by atoms with Crippen molar-refractivity contribution in [3.05, 3.63) is 32.8 Å². The van der Waals surface area contributed by atoms with Gasteiger partial charge in [0.05, 0.1) is 16.1 Å². The summed E-state index contributed by atoms with van der Waals surface area (Å²) < 4.78 is 5.22. The van der Waals surface area contributed by atoms with E-state index in [0.29, 0.717) is 33.8 Å². The second-order valence-corrected chi connectivity index (χ2v) is 5.42. The maximum atomic E-state index is 6.12. The predicted molar refractivity (Wildman–Crippen MR) is 72.1 cm³/mol. The SMILES string of the molecule is COC1CC(NCc2c(Cl)ccc(Cl)c2Cl)C1. The van der Waals surface area contributed by atoms with E-state index in [1.165, 1.54) is 0 Å². The van der Waals surface area contributed by atoms with Crippen LogP contribution >= 0.6 is 34.8 Å². The molecular weight excluding hydrogens is 280 g/mol. The quantitative estimate of drug-likeness (QED) is 0.850. The van der Waals surface area contributed by atoms with E-state index in [1.807, 2.05) is 0 Å². The van der Waals surface area contributed by atoms with Crippen molar-refractivity contribution in [2.75, 3.05) is 7.11 Å². The second kappa shape index (κ2) is 5.77. The maximum Gasteiger partial charge on any atom is 0.0652 e. The number of benzene rings is 1. The van der Waals surface area contributed by atoms with Gasteiger partial charge >= 0.3 is 0 Å². The first-order valence-corrected chi connectivity index (χ1v) is 6.63. The van der Waals surface area contributed by atoms with Gasteiger partial charge in [0.15, 0.2) is 0 Å². The molecule has 0 aromatic heterocycles. The number of nitrogens with one attached hydrogen (secondary N) is 1. The average molecular weight is 295 g/mol. The van der Waals surface area contributed by atoms with Gasteiger partial charge in [-0.1, -0.05) is 34.8 Å². The summed E-state index contributed by atoms with van der Waals surface area (Å²) in [5, 5.41) is 5.12. The zero-order valence-corrected chi connectivity index (χ0v) is 11.7. The molecule has 0 spiro atoms. The Morgan fingerprint density at radius 2 is 1.88 bits per heavy atom. The fourth-order valence-electron chi connectivity index (χ4n) is 1.90. The zero-order valence-electron chi connectivity index (χ0n) is 9.47. The first-order chi connectivity index (χ1) is 8.11. The van der Waals surface area contributed by atoms with Crippen LogP contribution in [0, 0.1) is 0 Å². The molecule has 1 aromatic rings. The molecule has 0 heterocycles. The summed E-state index contributed by atoms with van der Waals surface area (Å²) in [6.07, 6.45) is 2.45. The lowest BCUT2D eigenvalue weighted by Crippen LogP contribution is -2.44. The molecule has 0 saturated heterocycles. The van der Waals surface area contributed by atoms with Crippen molar-refractivity contribution < 1.29 is 4.74 Å². The van der Waals surface area contributed by atoms with Gasteiger partial charge in [-0.25, -0.2) is 0 Å². The van der Waals surface area contributed by atoms with Crippen LogP contribution in [-0.4, -0.2) is 19.3 Å². The molecule has 94 valence electrons. The Morgan fingerprint density at radius 1 is 1.24 bits per heavy atom. The molecule has 0 aliphatic heterocycles. The predicted octanol–water partition coefficient (Wildman–Crippen LogP) is 3.91. The van der Waals surface area contributed by atoms with E-state index in [4.69, 9.17) is 39.5 Å². The third-order valence-electron chi connectivity index (χ3n) is 3.13. The van der Waals surface area contributed by atoms with Crippen molar-refractivity contribution in [3.8, 4) is 0 Å². The third kappa shape index (κ3) is 3.07. The Hall–Kier alpha value is 0.01000. The summed E-state index contributed by atoms with van der Waals surface area (Å²) in [5.74, 6) is 0. The fourth-order valence-corrected chi connectivity index (χ4v) is 2.58. The molecule has 0 bridgehead atoms. The summed E-state index contributed by atoms with van der Waals surface area (Å²) in [6.45, 7) is 0.638. The smallest absolute Gasteiger partial charge is 0.0652 e. The van der Waals surface area contributed by atoms with Crippen LogP contribution in [0.1, 0.15) is 18.4 Å². The normalized spacial score (nSPS) is 23.5. The zero-order chi connectivity index (χ0) is 12.4. The number of hydrogen-bond donors (Lipinski definition) is 1. The molecular formula is C12H14Cl3NO. The minimum absolute atomic E-state index is 0.387. The molecule has 2 nitrogen and oxygen atoms in total. The van der Waals surface area contributed by atoms with E-state index < -0.39 is 0 Å². The largest absolute Gasteiger partial charge is 0.381 e. The van der Waals surface area contributed by atoms with Crippen molar-refractivity contribution in [3.63, 3.8) is 0 Å². The summed E-state index contributed by atoms with van der Waals surface area (Å²) in [5.41, 5.74) is 0.863. The Balaban J connectivity index is 1.93. The lowest BCUT2D eigenvalue weighted by atomic mass is 9.89. The van der Waals surface area contributed by atoms with Crippen LogP contribution in [0.2, 0.25) is 15.1 Å². The van der Waals surface area contributed by atoms with Crippen LogP contribution in [-0.2, 0) is 11.3 Å². The first kappa shape index (κ1) is 13.4. The minimum Gasteiger partial charge on any atom is -0.381 e. The summed E-state index contributed by atoms with van der Waals surface area (Å²) in [6, 6.07) is 3.96. The fraction of sp³-hybridized carbons (Fsp3) is 0.500. The molecule has 1 aromatic carbocycles. The Bertz CT molecular complexity index is 405. The number of ether oxygens (including phenoxy) is 1. The van der Waals surface area contributed by atoms with E-state index in [-0.39, 0.29) is 0 Å². The van der Waals surface area contributed by atoms with Crippen LogP contribution in [0.25, 0.3) is 0 Å².